The fourth-order valence-corrected chi connectivity index (χ4v) is 5.54. The Labute approximate surface area is 182 Å². The van der Waals surface area contributed by atoms with E-state index in [0.717, 1.165) is 25.2 Å². The van der Waals surface area contributed by atoms with Crippen LogP contribution in [0.4, 0.5) is 11.5 Å². The molecule has 8 nitrogen and oxygen atoms in total. The lowest BCUT2D eigenvalue weighted by Gasteiger charge is -2.32. The summed E-state index contributed by atoms with van der Waals surface area (Å²) < 4.78 is 27.1. The molecular formula is C20H26ClN5O3S. The average molecular weight is 452 g/mol. The fourth-order valence-electron chi connectivity index (χ4n) is 3.58. The molecule has 1 N–H and O–H groups in total. The van der Waals surface area contributed by atoms with Gasteiger partial charge in [0.25, 0.3) is 0 Å². The first kappa shape index (κ1) is 22.5. The van der Waals surface area contributed by atoms with Crippen molar-refractivity contribution in [2.45, 2.75) is 31.6 Å². The standard InChI is InChI=1S/C20H26ClN5O3S/c1-3-26(4-2)30(28,29)18-12-16(7-8-17(18)21)24-20(27)15-6-5-11-25(14-15)19-13-22-9-10-23-19/h7-10,12-13,15H,3-6,11,14H2,1-2H3,(H,24,27). The molecule has 10 heteroatoms. The lowest BCUT2D eigenvalue weighted by molar-refractivity contribution is -0.120. The Hall–Kier alpha value is -2.23. The molecule has 1 aromatic heterocycles. The van der Waals surface area contributed by atoms with Gasteiger partial charge in [0, 0.05) is 44.3 Å². The highest BCUT2D eigenvalue weighted by atomic mass is 35.5. The molecular weight excluding hydrogens is 426 g/mol. The highest BCUT2D eigenvalue weighted by Gasteiger charge is 2.28. The molecule has 2 aromatic rings. The van der Waals surface area contributed by atoms with Crippen molar-refractivity contribution in [3.63, 3.8) is 0 Å². The fraction of sp³-hybridized carbons (Fsp3) is 0.450. The van der Waals surface area contributed by atoms with Gasteiger partial charge in [0.2, 0.25) is 15.9 Å². The summed E-state index contributed by atoms with van der Waals surface area (Å²) in [6.45, 7) is 5.56. The molecule has 3 rings (SSSR count). The van der Waals surface area contributed by atoms with Crippen molar-refractivity contribution in [1.82, 2.24) is 14.3 Å². The summed E-state index contributed by atoms with van der Waals surface area (Å²) in [6, 6.07) is 4.54. The van der Waals surface area contributed by atoms with Gasteiger partial charge in [-0.15, -0.1) is 0 Å². The van der Waals surface area contributed by atoms with Gasteiger partial charge >= 0.3 is 0 Å². The zero-order chi connectivity index (χ0) is 21.7. The maximum absolute atomic E-state index is 12.9. The van der Waals surface area contributed by atoms with E-state index in [0.29, 0.717) is 25.3 Å². The van der Waals surface area contributed by atoms with Gasteiger partial charge in [-0.3, -0.25) is 9.78 Å². The summed E-state index contributed by atoms with van der Waals surface area (Å²) in [4.78, 5) is 23.3. The topological polar surface area (TPSA) is 95.5 Å². The summed E-state index contributed by atoms with van der Waals surface area (Å²) in [7, 11) is -3.73. The van der Waals surface area contributed by atoms with E-state index in [2.05, 4.69) is 15.3 Å². The molecule has 2 heterocycles. The van der Waals surface area contributed by atoms with Gasteiger partial charge in [-0.05, 0) is 31.0 Å². The number of piperidine rings is 1. The number of hydrogen-bond donors (Lipinski definition) is 1. The van der Waals surface area contributed by atoms with E-state index < -0.39 is 10.0 Å². The molecule has 1 aromatic carbocycles. The Balaban J connectivity index is 1.75. The molecule has 0 aliphatic carbocycles. The number of anilines is 2. The largest absolute Gasteiger partial charge is 0.355 e. The second-order valence-electron chi connectivity index (χ2n) is 7.07. The van der Waals surface area contributed by atoms with Crippen molar-refractivity contribution in [3.05, 3.63) is 41.8 Å². The third-order valence-electron chi connectivity index (χ3n) is 5.19. The Morgan fingerprint density at radius 2 is 2.07 bits per heavy atom. The van der Waals surface area contributed by atoms with Gasteiger partial charge in [0.05, 0.1) is 17.1 Å². The smallest absolute Gasteiger partial charge is 0.244 e. The molecule has 162 valence electrons. The number of sulfonamides is 1. The van der Waals surface area contributed by atoms with E-state index in [1.165, 1.54) is 16.4 Å². The zero-order valence-corrected chi connectivity index (χ0v) is 18.7. The van der Waals surface area contributed by atoms with Crippen molar-refractivity contribution in [2.24, 2.45) is 5.92 Å². The van der Waals surface area contributed by atoms with E-state index in [4.69, 9.17) is 11.6 Å². The van der Waals surface area contributed by atoms with Crippen molar-refractivity contribution in [3.8, 4) is 0 Å². The maximum atomic E-state index is 12.9. The first-order valence-electron chi connectivity index (χ1n) is 9.98. The third kappa shape index (κ3) is 4.91. The number of amides is 1. The minimum Gasteiger partial charge on any atom is -0.355 e. The summed E-state index contributed by atoms with van der Waals surface area (Å²) in [5.41, 5.74) is 0.409. The zero-order valence-electron chi connectivity index (χ0n) is 17.1. The normalized spacial score (nSPS) is 17.2. The average Bonchev–Trinajstić information content (AvgIpc) is 2.76. The second-order valence-corrected chi connectivity index (χ2v) is 9.39. The van der Waals surface area contributed by atoms with Gasteiger partial charge in [-0.25, -0.2) is 13.4 Å². The number of carbonyl (C=O) groups is 1. The van der Waals surface area contributed by atoms with Crippen LogP contribution >= 0.6 is 11.6 Å². The monoisotopic (exact) mass is 451 g/mol. The van der Waals surface area contributed by atoms with Crippen molar-refractivity contribution >= 4 is 39.0 Å². The van der Waals surface area contributed by atoms with Crippen molar-refractivity contribution < 1.29 is 13.2 Å². The summed E-state index contributed by atoms with van der Waals surface area (Å²) >= 11 is 6.17. The molecule has 1 saturated heterocycles. The quantitative estimate of drug-likeness (QED) is 0.695. The van der Waals surface area contributed by atoms with Crippen LogP contribution in [0.5, 0.6) is 0 Å². The predicted octanol–water partition coefficient (Wildman–Crippen LogP) is 3.02. The minimum atomic E-state index is -3.73. The van der Waals surface area contributed by atoms with E-state index in [1.807, 2.05) is 4.90 Å². The Morgan fingerprint density at radius 3 is 2.73 bits per heavy atom. The first-order valence-corrected chi connectivity index (χ1v) is 11.8. The SMILES string of the molecule is CCN(CC)S(=O)(=O)c1cc(NC(=O)C2CCCN(c3cnccn3)C2)ccc1Cl. The molecule has 30 heavy (non-hydrogen) atoms. The number of carbonyl (C=O) groups excluding carboxylic acids is 1. The van der Waals surface area contributed by atoms with Crippen LogP contribution in [0.3, 0.4) is 0 Å². The van der Waals surface area contributed by atoms with Gasteiger partial charge in [0.15, 0.2) is 0 Å². The predicted molar refractivity (Wildman–Crippen MR) is 117 cm³/mol. The molecule has 1 atom stereocenters. The Kier molecular flexibility index (Phi) is 7.27. The van der Waals surface area contributed by atoms with Crippen LogP contribution in [0.2, 0.25) is 5.02 Å². The number of benzene rings is 1. The molecule has 0 saturated carbocycles. The molecule has 0 spiro atoms. The molecule has 0 bridgehead atoms. The van der Waals surface area contributed by atoms with Crippen LogP contribution in [0, 0.1) is 5.92 Å². The molecule has 1 amide bonds. The van der Waals surface area contributed by atoms with Gasteiger partial charge < -0.3 is 10.2 Å². The van der Waals surface area contributed by atoms with Crippen LogP contribution in [0.25, 0.3) is 0 Å². The molecule has 0 radical (unpaired) electrons. The van der Waals surface area contributed by atoms with Crippen LogP contribution in [-0.2, 0) is 14.8 Å². The summed E-state index contributed by atoms with van der Waals surface area (Å²) in [5.74, 6) is 0.352. The van der Waals surface area contributed by atoms with Crippen molar-refractivity contribution in [1.29, 1.82) is 0 Å². The molecule has 1 fully saturated rings. The number of rotatable bonds is 7. The molecule has 1 unspecified atom stereocenters. The lowest BCUT2D eigenvalue weighted by atomic mass is 9.97. The third-order valence-corrected chi connectivity index (χ3v) is 7.72. The van der Waals surface area contributed by atoms with Gasteiger partial charge in [-0.2, -0.15) is 4.31 Å². The second kappa shape index (κ2) is 9.72. The molecule has 1 aliphatic rings. The van der Waals surface area contributed by atoms with Crippen LogP contribution in [0.15, 0.2) is 41.7 Å². The van der Waals surface area contributed by atoms with Gasteiger partial charge in [-0.1, -0.05) is 25.4 Å². The summed E-state index contributed by atoms with van der Waals surface area (Å²) in [6.07, 6.45) is 6.54. The highest BCUT2D eigenvalue weighted by Crippen LogP contribution is 2.29. The number of hydrogen-bond acceptors (Lipinski definition) is 6. The number of halogens is 1. The number of nitrogens with zero attached hydrogens (tertiary/aromatic N) is 4. The van der Waals surface area contributed by atoms with E-state index in [9.17, 15) is 13.2 Å². The Morgan fingerprint density at radius 1 is 1.30 bits per heavy atom. The molecule has 1 aliphatic heterocycles. The van der Waals surface area contributed by atoms with Crippen LogP contribution in [-0.4, -0.2) is 54.8 Å². The van der Waals surface area contributed by atoms with E-state index in [1.54, 1.807) is 38.5 Å². The lowest BCUT2D eigenvalue weighted by Crippen LogP contribution is -2.41. The van der Waals surface area contributed by atoms with Crippen LogP contribution < -0.4 is 10.2 Å². The van der Waals surface area contributed by atoms with E-state index in [-0.39, 0.29) is 21.7 Å². The maximum Gasteiger partial charge on any atom is 0.244 e. The van der Waals surface area contributed by atoms with Crippen molar-refractivity contribution in [2.75, 3.05) is 36.4 Å². The highest BCUT2D eigenvalue weighted by molar-refractivity contribution is 7.89. The minimum absolute atomic E-state index is 0.00417. The number of nitrogens with one attached hydrogen (secondary N) is 1. The first-order chi connectivity index (χ1) is 14.4. The van der Waals surface area contributed by atoms with Gasteiger partial charge in [0.1, 0.15) is 10.7 Å². The summed E-state index contributed by atoms with van der Waals surface area (Å²) in [5, 5.41) is 2.99. The Bertz CT molecular complexity index is 983. The van der Waals surface area contributed by atoms with Crippen LogP contribution in [0.1, 0.15) is 26.7 Å². The van der Waals surface area contributed by atoms with E-state index >= 15 is 0 Å². The number of aromatic nitrogens is 2.